The Bertz CT molecular complexity index is 1060. The Morgan fingerprint density at radius 1 is 1.06 bits per heavy atom. The number of anilines is 1. The number of nitrogens with one attached hydrogen (secondary N) is 1. The van der Waals surface area contributed by atoms with Crippen LogP contribution in [0.15, 0.2) is 53.4 Å². The molecule has 0 unspecified atom stereocenters. The predicted octanol–water partition coefficient (Wildman–Crippen LogP) is 4.43. The number of rotatable bonds is 6. The van der Waals surface area contributed by atoms with Gasteiger partial charge < -0.3 is 10.1 Å². The van der Waals surface area contributed by atoms with Crippen molar-refractivity contribution in [2.45, 2.75) is 43.9 Å². The van der Waals surface area contributed by atoms with Gasteiger partial charge in [-0.05, 0) is 53.7 Å². The molecule has 1 amide bonds. The molecule has 1 aliphatic heterocycles. The Kier molecular flexibility index (Phi) is 6.86. The van der Waals surface area contributed by atoms with E-state index in [4.69, 9.17) is 4.74 Å². The van der Waals surface area contributed by atoms with E-state index in [1.807, 2.05) is 24.3 Å². The first-order chi connectivity index (χ1) is 14.6. The van der Waals surface area contributed by atoms with Crippen molar-refractivity contribution in [2.75, 3.05) is 25.5 Å². The van der Waals surface area contributed by atoms with Crippen LogP contribution in [0, 0.1) is 0 Å². The maximum absolute atomic E-state index is 12.8. The monoisotopic (exact) mass is 442 g/mol. The van der Waals surface area contributed by atoms with Crippen molar-refractivity contribution in [2.24, 2.45) is 0 Å². The van der Waals surface area contributed by atoms with Gasteiger partial charge in [-0.2, -0.15) is 4.31 Å². The molecule has 0 saturated carbocycles. The quantitative estimate of drug-likeness (QED) is 0.672. The Labute approximate surface area is 185 Å². The summed E-state index contributed by atoms with van der Waals surface area (Å²) in [7, 11) is -2.11. The van der Waals surface area contributed by atoms with E-state index in [0.29, 0.717) is 24.5 Å². The smallest absolute Gasteiger partial charge is 0.248 e. The second-order valence-corrected chi connectivity index (χ2v) is 10.6. The molecule has 0 radical (unpaired) electrons. The number of carbonyl (C=O) groups is 1. The van der Waals surface area contributed by atoms with E-state index in [1.54, 1.807) is 12.1 Å². The van der Waals surface area contributed by atoms with E-state index >= 15 is 0 Å². The fourth-order valence-corrected chi connectivity index (χ4v) is 5.01. The van der Waals surface area contributed by atoms with Crippen molar-refractivity contribution >= 4 is 27.7 Å². The highest BCUT2D eigenvalue weighted by molar-refractivity contribution is 7.89. The van der Waals surface area contributed by atoms with Crippen molar-refractivity contribution in [1.82, 2.24) is 4.31 Å². The van der Waals surface area contributed by atoms with E-state index < -0.39 is 10.0 Å². The molecular weight excluding hydrogens is 412 g/mol. The van der Waals surface area contributed by atoms with Gasteiger partial charge in [0.25, 0.3) is 0 Å². The summed E-state index contributed by atoms with van der Waals surface area (Å²) >= 11 is 0. The third-order valence-electron chi connectivity index (χ3n) is 5.34. The van der Waals surface area contributed by atoms with Gasteiger partial charge in [-0.1, -0.05) is 45.0 Å². The molecule has 0 bridgehead atoms. The van der Waals surface area contributed by atoms with E-state index in [-0.39, 0.29) is 16.2 Å². The van der Waals surface area contributed by atoms with Gasteiger partial charge in [-0.25, -0.2) is 8.42 Å². The molecule has 31 heavy (non-hydrogen) atoms. The van der Waals surface area contributed by atoms with Crippen molar-refractivity contribution < 1.29 is 17.9 Å². The second-order valence-electron chi connectivity index (χ2n) is 8.67. The maximum atomic E-state index is 12.8. The Hall–Kier alpha value is -2.64. The molecule has 1 N–H and O–H groups in total. The summed E-state index contributed by atoms with van der Waals surface area (Å²) in [5.74, 6) is 0.0329. The van der Waals surface area contributed by atoms with Crippen molar-refractivity contribution in [1.29, 1.82) is 0 Å². The van der Waals surface area contributed by atoms with Crippen LogP contribution in [0.3, 0.4) is 0 Å². The number of hydrogen-bond acceptors (Lipinski definition) is 4. The minimum Gasteiger partial charge on any atom is -0.495 e. The molecule has 0 aliphatic carbocycles. The van der Waals surface area contributed by atoms with E-state index in [1.165, 1.54) is 35.2 Å². The summed E-state index contributed by atoms with van der Waals surface area (Å²) in [6.45, 7) is 7.49. The molecule has 2 aromatic rings. The lowest BCUT2D eigenvalue weighted by Crippen LogP contribution is -2.28. The SMILES string of the molecule is COc1ccc(S(=O)(=O)N2CCCC2)cc1NC(=O)/C=C/c1ccc(C(C)(C)C)cc1. The Balaban J connectivity index is 1.76. The highest BCUT2D eigenvalue weighted by atomic mass is 32.2. The van der Waals surface area contributed by atoms with Crippen LogP contribution in [-0.4, -0.2) is 38.8 Å². The zero-order valence-corrected chi connectivity index (χ0v) is 19.3. The van der Waals surface area contributed by atoms with Gasteiger partial charge in [0.05, 0.1) is 17.7 Å². The number of hydrogen-bond donors (Lipinski definition) is 1. The topological polar surface area (TPSA) is 75.7 Å². The Morgan fingerprint density at radius 2 is 1.71 bits per heavy atom. The Morgan fingerprint density at radius 3 is 2.29 bits per heavy atom. The number of ether oxygens (including phenoxy) is 1. The lowest BCUT2D eigenvalue weighted by atomic mass is 9.87. The van der Waals surface area contributed by atoms with Crippen molar-refractivity contribution in [3.8, 4) is 5.75 Å². The third kappa shape index (κ3) is 5.54. The second kappa shape index (κ2) is 9.24. The summed E-state index contributed by atoms with van der Waals surface area (Å²) in [6, 6.07) is 12.6. The van der Waals surface area contributed by atoms with Crippen LogP contribution in [0.1, 0.15) is 44.7 Å². The summed E-state index contributed by atoms with van der Waals surface area (Å²) < 4.78 is 32.5. The number of carbonyl (C=O) groups excluding carboxylic acids is 1. The minimum atomic E-state index is -3.59. The fourth-order valence-electron chi connectivity index (χ4n) is 3.46. The molecule has 7 heteroatoms. The average molecular weight is 443 g/mol. The number of benzene rings is 2. The van der Waals surface area contributed by atoms with E-state index in [9.17, 15) is 13.2 Å². The highest BCUT2D eigenvalue weighted by Gasteiger charge is 2.28. The standard InChI is InChI=1S/C24H30N2O4S/c1-24(2,3)19-10-7-18(8-11-19)9-14-23(27)25-21-17-20(12-13-22(21)30-4)31(28,29)26-15-5-6-16-26/h7-14,17H,5-6,15-16H2,1-4H3,(H,25,27)/b14-9+. The summed E-state index contributed by atoms with van der Waals surface area (Å²) in [6.07, 6.45) is 4.87. The van der Waals surface area contributed by atoms with E-state index in [0.717, 1.165) is 18.4 Å². The summed E-state index contributed by atoms with van der Waals surface area (Å²) in [5, 5.41) is 2.74. The van der Waals surface area contributed by atoms with Gasteiger partial charge in [0.1, 0.15) is 5.75 Å². The largest absolute Gasteiger partial charge is 0.495 e. The predicted molar refractivity (Wildman–Crippen MR) is 124 cm³/mol. The van der Waals surface area contributed by atoms with Crippen LogP contribution in [0.4, 0.5) is 5.69 Å². The molecule has 6 nitrogen and oxygen atoms in total. The lowest BCUT2D eigenvalue weighted by Gasteiger charge is -2.18. The molecular formula is C24H30N2O4S. The lowest BCUT2D eigenvalue weighted by molar-refractivity contribution is -0.111. The van der Waals surface area contributed by atoms with Gasteiger partial charge in [-0.15, -0.1) is 0 Å². The highest BCUT2D eigenvalue weighted by Crippen LogP contribution is 2.30. The fraction of sp³-hybridized carbons (Fsp3) is 0.375. The zero-order chi connectivity index (χ0) is 22.6. The minimum absolute atomic E-state index is 0.0661. The zero-order valence-electron chi connectivity index (χ0n) is 18.5. The van der Waals surface area contributed by atoms with Gasteiger partial charge >= 0.3 is 0 Å². The molecule has 1 heterocycles. The maximum Gasteiger partial charge on any atom is 0.248 e. The van der Waals surface area contributed by atoms with Crippen molar-refractivity contribution in [3.05, 3.63) is 59.7 Å². The number of amides is 1. The van der Waals surface area contributed by atoms with Crippen LogP contribution in [0.25, 0.3) is 6.08 Å². The first-order valence-corrected chi connectivity index (χ1v) is 11.8. The first kappa shape index (κ1) is 23.0. The molecule has 0 spiro atoms. The van der Waals surface area contributed by atoms with Gasteiger partial charge in [0.15, 0.2) is 0 Å². The van der Waals surface area contributed by atoms with Crippen LogP contribution >= 0.6 is 0 Å². The summed E-state index contributed by atoms with van der Waals surface area (Å²) in [5.41, 5.74) is 2.51. The molecule has 1 saturated heterocycles. The number of methoxy groups -OCH3 is 1. The molecule has 1 fully saturated rings. The van der Waals surface area contributed by atoms with Crippen LogP contribution in [0.5, 0.6) is 5.75 Å². The van der Waals surface area contributed by atoms with Crippen LogP contribution in [0.2, 0.25) is 0 Å². The van der Waals surface area contributed by atoms with E-state index in [2.05, 4.69) is 26.1 Å². The van der Waals surface area contributed by atoms with Gasteiger partial charge in [0.2, 0.25) is 15.9 Å². The number of sulfonamides is 1. The third-order valence-corrected chi connectivity index (χ3v) is 7.23. The molecule has 166 valence electrons. The molecule has 1 aliphatic rings. The van der Waals surface area contributed by atoms with Gasteiger partial charge in [0, 0.05) is 19.2 Å². The van der Waals surface area contributed by atoms with Gasteiger partial charge in [-0.3, -0.25) is 4.79 Å². The average Bonchev–Trinajstić information content (AvgIpc) is 3.28. The van der Waals surface area contributed by atoms with Crippen molar-refractivity contribution in [3.63, 3.8) is 0 Å². The normalized spacial score (nSPS) is 15.4. The van der Waals surface area contributed by atoms with Crippen LogP contribution in [-0.2, 0) is 20.2 Å². The molecule has 0 atom stereocenters. The molecule has 2 aromatic carbocycles. The summed E-state index contributed by atoms with van der Waals surface area (Å²) in [4.78, 5) is 12.6. The van der Waals surface area contributed by atoms with Crippen LogP contribution < -0.4 is 10.1 Å². The first-order valence-electron chi connectivity index (χ1n) is 10.4. The number of nitrogens with zero attached hydrogens (tertiary/aromatic N) is 1. The molecule has 3 rings (SSSR count). The molecule has 0 aromatic heterocycles.